The van der Waals surface area contributed by atoms with Crippen molar-refractivity contribution in [2.45, 2.75) is 25.9 Å². The molecule has 1 aromatic rings. The van der Waals surface area contributed by atoms with Gasteiger partial charge in [-0.1, -0.05) is 36.4 Å². The zero-order chi connectivity index (χ0) is 12.3. The summed E-state index contributed by atoms with van der Waals surface area (Å²) in [7, 11) is 0. The molecule has 0 unspecified atom stereocenters. The highest BCUT2D eigenvalue weighted by atomic mass is 16.5. The summed E-state index contributed by atoms with van der Waals surface area (Å²) in [6.45, 7) is 5.04. The number of hydrogen-bond donors (Lipinski definition) is 0. The summed E-state index contributed by atoms with van der Waals surface area (Å²) >= 11 is 0. The summed E-state index contributed by atoms with van der Waals surface area (Å²) in [6.07, 6.45) is 5.24. The number of ether oxygens (including phenoxy) is 1. The lowest BCUT2D eigenvalue weighted by atomic mass is 9.99. The first-order valence-electron chi connectivity index (χ1n) is 6.03. The van der Waals surface area contributed by atoms with Crippen LogP contribution in [0, 0.1) is 5.92 Å². The fourth-order valence-electron chi connectivity index (χ4n) is 1.72. The fraction of sp³-hybridized carbons (Fsp3) is 0.400. The molecular weight excluding hydrogens is 212 g/mol. The highest BCUT2D eigenvalue weighted by molar-refractivity contribution is 5.49. The molecule has 17 heavy (non-hydrogen) atoms. The Morgan fingerprint density at radius 3 is 2.65 bits per heavy atom. The van der Waals surface area contributed by atoms with Crippen LogP contribution in [0.3, 0.4) is 0 Å². The van der Waals surface area contributed by atoms with Gasteiger partial charge < -0.3 is 9.53 Å². The minimum Gasteiger partial charge on any atom is -0.377 e. The molecule has 2 nitrogen and oxygen atoms in total. The van der Waals surface area contributed by atoms with Gasteiger partial charge in [0.15, 0.2) is 0 Å². The van der Waals surface area contributed by atoms with Gasteiger partial charge in [-0.25, -0.2) is 0 Å². The van der Waals surface area contributed by atoms with Gasteiger partial charge in [0.1, 0.15) is 6.29 Å². The van der Waals surface area contributed by atoms with Crippen LogP contribution < -0.4 is 0 Å². The Morgan fingerprint density at radius 1 is 1.24 bits per heavy atom. The minimum absolute atomic E-state index is 0.376. The Kier molecular flexibility index (Phi) is 6.99. The van der Waals surface area contributed by atoms with Crippen molar-refractivity contribution < 1.29 is 9.53 Å². The fourth-order valence-corrected chi connectivity index (χ4v) is 1.72. The van der Waals surface area contributed by atoms with Gasteiger partial charge in [-0.05, 0) is 24.3 Å². The van der Waals surface area contributed by atoms with Gasteiger partial charge in [0.2, 0.25) is 0 Å². The third-order valence-electron chi connectivity index (χ3n) is 2.71. The number of aldehydes is 1. The van der Waals surface area contributed by atoms with Crippen molar-refractivity contribution in [3.05, 3.63) is 48.6 Å². The van der Waals surface area contributed by atoms with Gasteiger partial charge in [0.25, 0.3) is 0 Å². The van der Waals surface area contributed by atoms with Crippen LogP contribution in [-0.2, 0) is 16.1 Å². The molecular formula is C15H20O2. The molecule has 0 heterocycles. The molecule has 1 aromatic carbocycles. The first-order valence-corrected chi connectivity index (χ1v) is 6.03. The van der Waals surface area contributed by atoms with Crippen molar-refractivity contribution >= 4 is 6.29 Å². The van der Waals surface area contributed by atoms with E-state index in [1.807, 2.05) is 36.4 Å². The summed E-state index contributed by atoms with van der Waals surface area (Å²) in [5.74, 6) is 0.376. The van der Waals surface area contributed by atoms with Crippen molar-refractivity contribution in [3.63, 3.8) is 0 Å². The average Bonchev–Trinajstić information content (AvgIpc) is 2.36. The first-order chi connectivity index (χ1) is 8.36. The molecule has 0 fully saturated rings. The second-order valence-electron chi connectivity index (χ2n) is 4.12. The second kappa shape index (κ2) is 8.71. The van der Waals surface area contributed by atoms with E-state index >= 15 is 0 Å². The maximum Gasteiger partial charge on any atom is 0.120 e. The van der Waals surface area contributed by atoms with Crippen LogP contribution in [0.15, 0.2) is 43.0 Å². The molecule has 0 spiro atoms. The van der Waals surface area contributed by atoms with Crippen LogP contribution in [0.1, 0.15) is 24.8 Å². The Hall–Kier alpha value is -1.41. The number of rotatable bonds is 9. The molecule has 0 aliphatic carbocycles. The third-order valence-corrected chi connectivity index (χ3v) is 2.71. The van der Waals surface area contributed by atoms with Crippen LogP contribution in [0.2, 0.25) is 0 Å². The molecule has 0 bridgehead atoms. The molecule has 0 saturated heterocycles. The van der Waals surface area contributed by atoms with Crippen molar-refractivity contribution in [1.29, 1.82) is 0 Å². The largest absolute Gasteiger partial charge is 0.377 e. The lowest BCUT2D eigenvalue weighted by Gasteiger charge is -2.11. The van der Waals surface area contributed by atoms with E-state index < -0.39 is 0 Å². The summed E-state index contributed by atoms with van der Waals surface area (Å²) in [5.41, 5.74) is 1.18. The zero-order valence-electron chi connectivity index (χ0n) is 10.2. The van der Waals surface area contributed by atoms with E-state index in [-0.39, 0.29) is 0 Å². The Bertz CT molecular complexity index is 309. The summed E-state index contributed by atoms with van der Waals surface area (Å²) in [4.78, 5) is 10.5. The predicted octanol–water partition coefficient (Wildman–Crippen LogP) is 3.37. The van der Waals surface area contributed by atoms with Crippen molar-refractivity contribution in [2.75, 3.05) is 6.61 Å². The van der Waals surface area contributed by atoms with Crippen LogP contribution in [0.5, 0.6) is 0 Å². The Balaban J connectivity index is 2.17. The Labute approximate surface area is 103 Å². The van der Waals surface area contributed by atoms with Gasteiger partial charge in [0, 0.05) is 13.0 Å². The molecule has 0 saturated carbocycles. The van der Waals surface area contributed by atoms with Crippen molar-refractivity contribution in [3.8, 4) is 0 Å². The van der Waals surface area contributed by atoms with E-state index in [4.69, 9.17) is 4.74 Å². The summed E-state index contributed by atoms with van der Waals surface area (Å²) in [6, 6.07) is 10.1. The number of carbonyl (C=O) groups is 1. The molecule has 0 aromatic heterocycles. The van der Waals surface area contributed by atoms with Gasteiger partial charge in [-0.15, -0.1) is 6.58 Å². The highest BCUT2D eigenvalue weighted by Crippen LogP contribution is 2.13. The molecule has 92 valence electrons. The molecule has 1 atom stereocenters. The zero-order valence-corrected chi connectivity index (χ0v) is 10.2. The molecule has 1 rings (SSSR count). The number of carbonyl (C=O) groups excluding carboxylic acids is 1. The van der Waals surface area contributed by atoms with E-state index in [2.05, 4.69) is 6.58 Å². The van der Waals surface area contributed by atoms with Gasteiger partial charge in [-0.3, -0.25) is 0 Å². The molecule has 0 radical (unpaired) electrons. The quantitative estimate of drug-likeness (QED) is 0.370. The number of allylic oxidation sites excluding steroid dienone is 1. The van der Waals surface area contributed by atoms with Crippen LogP contribution in [-0.4, -0.2) is 12.9 Å². The number of hydrogen-bond acceptors (Lipinski definition) is 2. The molecule has 2 heteroatoms. The molecule has 0 aliphatic heterocycles. The van der Waals surface area contributed by atoms with Crippen LogP contribution in [0.4, 0.5) is 0 Å². The lowest BCUT2D eigenvalue weighted by Crippen LogP contribution is -2.05. The second-order valence-corrected chi connectivity index (χ2v) is 4.12. The third kappa shape index (κ3) is 6.03. The first kappa shape index (κ1) is 13.7. The monoisotopic (exact) mass is 232 g/mol. The maximum absolute atomic E-state index is 10.5. The molecule has 0 amide bonds. The van der Waals surface area contributed by atoms with E-state index in [0.717, 1.165) is 19.1 Å². The highest BCUT2D eigenvalue weighted by Gasteiger charge is 2.05. The molecule has 0 N–H and O–H groups in total. The van der Waals surface area contributed by atoms with Gasteiger partial charge in [-0.2, -0.15) is 0 Å². The van der Waals surface area contributed by atoms with E-state index in [1.54, 1.807) is 0 Å². The smallest absolute Gasteiger partial charge is 0.120 e. The topological polar surface area (TPSA) is 26.3 Å². The van der Waals surface area contributed by atoms with Crippen LogP contribution >= 0.6 is 0 Å². The number of benzene rings is 1. The normalized spacial score (nSPS) is 12.0. The standard InChI is InChI=1S/C15H20O2/c1-2-6-14(9-11-16)10-12-17-13-15-7-4-3-5-8-15/h2-5,7-8,11,14H,1,6,9-10,12-13H2/t14-/m1/s1. The SMILES string of the molecule is C=CC[C@H](CC=O)CCOCc1ccccc1. The van der Waals surface area contributed by atoms with Crippen molar-refractivity contribution in [1.82, 2.24) is 0 Å². The maximum atomic E-state index is 10.5. The van der Waals surface area contributed by atoms with E-state index in [1.165, 1.54) is 5.56 Å². The van der Waals surface area contributed by atoms with E-state index in [0.29, 0.717) is 25.6 Å². The predicted molar refractivity (Wildman–Crippen MR) is 69.7 cm³/mol. The van der Waals surface area contributed by atoms with Crippen molar-refractivity contribution in [2.24, 2.45) is 5.92 Å². The summed E-state index contributed by atoms with van der Waals surface area (Å²) in [5, 5.41) is 0. The van der Waals surface area contributed by atoms with Gasteiger partial charge in [0.05, 0.1) is 6.61 Å². The summed E-state index contributed by atoms with van der Waals surface area (Å²) < 4.78 is 5.59. The lowest BCUT2D eigenvalue weighted by molar-refractivity contribution is -0.108. The average molecular weight is 232 g/mol. The minimum atomic E-state index is 0.376. The molecule has 0 aliphatic rings. The van der Waals surface area contributed by atoms with E-state index in [9.17, 15) is 4.79 Å². The van der Waals surface area contributed by atoms with Crippen LogP contribution in [0.25, 0.3) is 0 Å². The Morgan fingerprint density at radius 2 is 2.00 bits per heavy atom. The van der Waals surface area contributed by atoms with Gasteiger partial charge >= 0.3 is 0 Å².